The molecule has 1 fully saturated rings. The third-order valence-electron chi connectivity index (χ3n) is 4.80. The fourth-order valence-electron chi connectivity index (χ4n) is 3.17. The Morgan fingerprint density at radius 3 is 2.38 bits per heavy atom. The maximum Gasteiger partial charge on any atom is 0.311 e. The van der Waals surface area contributed by atoms with Crippen LogP contribution in [-0.4, -0.2) is 35.0 Å². The van der Waals surface area contributed by atoms with Crippen molar-refractivity contribution in [1.82, 2.24) is 4.90 Å². The van der Waals surface area contributed by atoms with Gasteiger partial charge in [0.2, 0.25) is 5.91 Å². The third-order valence-corrected chi connectivity index (χ3v) is 4.80. The number of hydrogen-bond acceptors (Lipinski definition) is 2. The molecular formula is C17H31NO3. The SMILES string of the molecule is CCCCCCCCC(=O)N1CCCC(CC)(C(=O)O)C1. The van der Waals surface area contributed by atoms with Crippen LogP contribution in [0.15, 0.2) is 0 Å². The number of unbranched alkanes of at least 4 members (excludes halogenated alkanes) is 5. The van der Waals surface area contributed by atoms with Crippen molar-refractivity contribution in [1.29, 1.82) is 0 Å². The van der Waals surface area contributed by atoms with Crippen molar-refractivity contribution >= 4 is 11.9 Å². The van der Waals surface area contributed by atoms with E-state index in [1.165, 1.54) is 25.7 Å². The van der Waals surface area contributed by atoms with Crippen LogP contribution in [0.25, 0.3) is 0 Å². The molecule has 0 aromatic heterocycles. The smallest absolute Gasteiger partial charge is 0.311 e. The molecule has 1 amide bonds. The number of piperidine rings is 1. The Labute approximate surface area is 128 Å². The fraction of sp³-hybridized carbons (Fsp3) is 0.882. The zero-order valence-corrected chi connectivity index (χ0v) is 13.7. The Balaban J connectivity index is 2.35. The summed E-state index contributed by atoms with van der Waals surface area (Å²) in [4.78, 5) is 25.5. The third kappa shape index (κ3) is 5.33. The molecule has 122 valence electrons. The van der Waals surface area contributed by atoms with Crippen LogP contribution < -0.4 is 0 Å². The Hall–Kier alpha value is -1.06. The van der Waals surface area contributed by atoms with Crippen molar-refractivity contribution in [2.75, 3.05) is 13.1 Å². The zero-order valence-electron chi connectivity index (χ0n) is 13.7. The molecule has 4 nitrogen and oxygen atoms in total. The molecule has 4 heteroatoms. The molecule has 1 aliphatic rings. The van der Waals surface area contributed by atoms with E-state index in [1.54, 1.807) is 4.90 Å². The second-order valence-corrected chi connectivity index (χ2v) is 6.38. The lowest BCUT2D eigenvalue weighted by Gasteiger charge is -2.39. The lowest BCUT2D eigenvalue weighted by molar-refractivity contribution is -0.155. The number of carboxylic acid groups (broad SMARTS) is 1. The number of carboxylic acids is 1. The van der Waals surface area contributed by atoms with E-state index in [0.29, 0.717) is 25.8 Å². The first kappa shape index (κ1) is 18.0. The Morgan fingerprint density at radius 2 is 1.76 bits per heavy atom. The minimum atomic E-state index is -0.748. The van der Waals surface area contributed by atoms with Gasteiger partial charge in [0.25, 0.3) is 0 Å². The van der Waals surface area contributed by atoms with Crippen LogP contribution in [0.5, 0.6) is 0 Å². The number of carbonyl (C=O) groups excluding carboxylic acids is 1. The number of aliphatic carboxylic acids is 1. The van der Waals surface area contributed by atoms with Crippen molar-refractivity contribution < 1.29 is 14.7 Å². The van der Waals surface area contributed by atoms with Crippen molar-refractivity contribution in [2.24, 2.45) is 5.41 Å². The highest BCUT2D eigenvalue weighted by atomic mass is 16.4. The van der Waals surface area contributed by atoms with Crippen LogP contribution in [0, 0.1) is 5.41 Å². The van der Waals surface area contributed by atoms with Crippen molar-refractivity contribution in [3.63, 3.8) is 0 Å². The number of likely N-dealkylation sites (tertiary alicyclic amines) is 1. The van der Waals surface area contributed by atoms with E-state index in [2.05, 4.69) is 6.92 Å². The molecule has 1 aliphatic heterocycles. The molecule has 21 heavy (non-hydrogen) atoms. The first-order valence-corrected chi connectivity index (χ1v) is 8.57. The summed E-state index contributed by atoms with van der Waals surface area (Å²) >= 11 is 0. The monoisotopic (exact) mass is 297 g/mol. The van der Waals surface area contributed by atoms with Gasteiger partial charge in [-0.15, -0.1) is 0 Å². The summed E-state index contributed by atoms with van der Waals surface area (Å²) in [5.41, 5.74) is -0.713. The summed E-state index contributed by atoms with van der Waals surface area (Å²) in [7, 11) is 0. The summed E-state index contributed by atoms with van der Waals surface area (Å²) in [5, 5.41) is 9.45. The van der Waals surface area contributed by atoms with Gasteiger partial charge in [0, 0.05) is 19.5 Å². The Kier molecular flexibility index (Phi) is 7.76. The maximum absolute atomic E-state index is 12.2. The number of rotatable bonds is 9. The predicted molar refractivity (Wildman–Crippen MR) is 84.2 cm³/mol. The molecule has 0 bridgehead atoms. The molecule has 0 saturated carbocycles. The first-order chi connectivity index (χ1) is 10.1. The van der Waals surface area contributed by atoms with Crippen LogP contribution in [-0.2, 0) is 9.59 Å². The van der Waals surface area contributed by atoms with Gasteiger partial charge < -0.3 is 10.0 Å². The van der Waals surface area contributed by atoms with Gasteiger partial charge in [-0.25, -0.2) is 0 Å². The van der Waals surface area contributed by atoms with E-state index < -0.39 is 11.4 Å². The molecule has 0 spiro atoms. The summed E-state index contributed by atoms with van der Waals surface area (Å²) in [5.74, 6) is -0.605. The fourth-order valence-corrected chi connectivity index (χ4v) is 3.17. The van der Waals surface area contributed by atoms with Crippen LogP contribution in [0.1, 0.15) is 78.1 Å². The van der Waals surface area contributed by atoms with E-state index >= 15 is 0 Å². The number of nitrogens with zero attached hydrogens (tertiary/aromatic N) is 1. The van der Waals surface area contributed by atoms with Gasteiger partial charge >= 0.3 is 5.97 Å². The van der Waals surface area contributed by atoms with Gasteiger partial charge in [0.05, 0.1) is 5.41 Å². The van der Waals surface area contributed by atoms with Crippen LogP contribution in [0.4, 0.5) is 0 Å². The normalized spacial score (nSPS) is 22.3. The summed E-state index contributed by atoms with van der Waals surface area (Å²) in [6.07, 6.45) is 9.69. The van der Waals surface area contributed by atoms with Gasteiger partial charge in [-0.3, -0.25) is 9.59 Å². The second-order valence-electron chi connectivity index (χ2n) is 6.38. The second kappa shape index (κ2) is 9.06. The van der Waals surface area contributed by atoms with E-state index in [1.807, 2.05) is 6.92 Å². The van der Waals surface area contributed by atoms with Gasteiger partial charge in [-0.05, 0) is 25.7 Å². The van der Waals surface area contributed by atoms with Crippen molar-refractivity contribution in [3.8, 4) is 0 Å². The van der Waals surface area contributed by atoms with E-state index in [-0.39, 0.29) is 5.91 Å². The minimum Gasteiger partial charge on any atom is -0.481 e. The van der Waals surface area contributed by atoms with Gasteiger partial charge in [0.1, 0.15) is 0 Å². The highest BCUT2D eigenvalue weighted by Gasteiger charge is 2.41. The molecule has 0 aliphatic carbocycles. The molecule has 1 saturated heterocycles. The van der Waals surface area contributed by atoms with Gasteiger partial charge in [-0.1, -0.05) is 46.0 Å². The number of amides is 1. The van der Waals surface area contributed by atoms with Gasteiger partial charge in [0.15, 0.2) is 0 Å². The van der Waals surface area contributed by atoms with Crippen molar-refractivity contribution in [3.05, 3.63) is 0 Å². The molecule has 0 aromatic rings. The highest BCUT2D eigenvalue weighted by Crippen LogP contribution is 2.34. The summed E-state index contributed by atoms with van der Waals surface area (Å²) < 4.78 is 0. The molecule has 1 atom stereocenters. The zero-order chi connectivity index (χ0) is 15.7. The lowest BCUT2D eigenvalue weighted by atomic mass is 9.77. The molecular weight excluding hydrogens is 266 g/mol. The molecule has 0 aromatic carbocycles. The first-order valence-electron chi connectivity index (χ1n) is 8.57. The van der Waals surface area contributed by atoms with E-state index in [9.17, 15) is 14.7 Å². The van der Waals surface area contributed by atoms with Crippen LogP contribution >= 0.6 is 0 Å². The minimum absolute atomic E-state index is 0.143. The quantitative estimate of drug-likeness (QED) is 0.658. The largest absolute Gasteiger partial charge is 0.481 e. The topological polar surface area (TPSA) is 57.6 Å². The molecule has 1 N–H and O–H groups in total. The number of hydrogen-bond donors (Lipinski definition) is 1. The predicted octanol–water partition coefficient (Wildman–Crippen LogP) is 3.84. The highest BCUT2D eigenvalue weighted by molar-refractivity contribution is 5.79. The Bertz CT molecular complexity index is 343. The standard InChI is InChI=1S/C17H31NO3/c1-3-5-6-7-8-9-11-15(19)18-13-10-12-17(4-2,14-18)16(20)21/h3-14H2,1-2H3,(H,20,21). The van der Waals surface area contributed by atoms with Gasteiger partial charge in [-0.2, -0.15) is 0 Å². The number of carbonyl (C=O) groups is 2. The average Bonchev–Trinajstić information content (AvgIpc) is 2.50. The van der Waals surface area contributed by atoms with E-state index in [4.69, 9.17) is 0 Å². The Morgan fingerprint density at radius 1 is 1.10 bits per heavy atom. The summed E-state index contributed by atoms with van der Waals surface area (Å²) in [6.45, 7) is 5.23. The molecule has 1 heterocycles. The van der Waals surface area contributed by atoms with Crippen molar-refractivity contribution in [2.45, 2.75) is 78.1 Å². The molecule has 0 radical (unpaired) electrons. The maximum atomic E-state index is 12.2. The average molecular weight is 297 g/mol. The lowest BCUT2D eigenvalue weighted by Crippen LogP contribution is -2.49. The molecule has 1 rings (SSSR count). The molecule has 1 unspecified atom stereocenters. The van der Waals surface area contributed by atoms with Crippen LogP contribution in [0.3, 0.4) is 0 Å². The van der Waals surface area contributed by atoms with E-state index in [0.717, 1.165) is 25.8 Å². The van der Waals surface area contributed by atoms with Crippen LogP contribution in [0.2, 0.25) is 0 Å². The summed E-state index contributed by atoms with van der Waals surface area (Å²) in [6, 6.07) is 0.